The molecular weight excluding hydrogens is 214 g/mol. The first-order valence-corrected chi connectivity index (χ1v) is 6.75. The zero-order chi connectivity index (χ0) is 13.1. The van der Waals surface area contributed by atoms with Crippen molar-refractivity contribution in [2.75, 3.05) is 19.9 Å². The maximum atomic E-state index is 5.88. The molecule has 0 aromatic carbocycles. The Labute approximate surface area is 106 Å². The molecule has 0 radical (unpaired) electrons. The molecule has 3 nitrogen and oxygen atoms in total. The van der Waals surface area contributed by atoms with Gasteiger partial charge in [-0.05, 0) is 27.2 Å². The number of nitrogens with zero attached hydrogens (tertiary/aromatic N) is 1. The van der Waals surface area contributed by atoms with Gasteiger partial charge >= 0.3 is 0 Å². The first-order chi connectivity index (χ1) is 7.77. The van der Waals surface area contributed by atoms with E-state index in [1.807, 2.05) is 0 Å². The summed E-state index contributed by atoms with van der Waals surface area (Å²) in [5, 5.41) is 0. The second-order valence-corrected chi connectivity index (χ2v) is 6.71. The van der Waals surface area contributed by atoms with E-state index in [-0.39, 0.29) is 17.2 Å². The van der Waals surface area contributed by atoms with Crippen molar-refractivity contribution in [3.63, 3.8) is 0 Å². The summed E-state index contributed by atoms with van der Waals surface area (Å²) in [5.74, 6) is 0. The lowest BCUT2D eigenvalue weighted by Crippen LogP contribution is -2.56. The molecule has 0 spiro atoms. The standard InChI is InChI=1S/C14H29NO2/c1-7-8-9-16-12-14(5,6)10-15(11-17-12)13(2,3)4/h12H,7-11H2,1-6H3/t12-/m0/s1. The maximum absolute atomic E-state index is 5.88. The molecule has 1 fully saturated rings. The van der Waals surface area contributed by atoms with Gasteiger partial charge in [-0.1, -0.05) is 27.2 Å². The fraction of sp³-hybridized carbons (Fsp3) is 1.00. The molecule has 102 valence electrons. The van der Waals surface area contributed by atoms with E-state index in [0.29, 0.717) is 6.73 Å². The Hall–Kier alpha value is -0.120. The Morgan fingerprint density at radius 1 is 1.35 bits per heavy atom. The molecule has 1 atom stereocenters. The minimum Gasteiger partial charge on any atom is -0.352 e. The molecule has 0 N–H and O–H groups in total. The lowest BCUT2D eigenvalue weighted by atomic mass is 9.88. The predicted octanol–water partition coefficient (Wildman–Crippen LogP) is 3.24. The highest BCUT2D eigenvalue weighted by molar-refractivity contribution is 4.86. The molecule has 17 heavy (non-hydrogen) atoms. The van der Waals surface area contributed by atoms with E-state index in [1.54, 1.807) is 0 Å². The largest absolute Gasteiger partial charge is 0.352 e. The number of rotatable bonds is 4. The molecule has 3 heteroatoms. The van der Waals surface area contributed by atoms with Crippen molar-refractivity contribution < 1.29 is 9.47 Å². The van der Waals surface area contributed by atoms with Crippen LogP contribution in [0, 0.1) is 5.41 Å². The molecule has 0 bridgehead atoms. The van der Waals surface area contributed by atoms with Gasteiger partial charge < -0.3 is 9.47 Å². The second kappa shape index (κ2) is 5.68. The van der Waals surface area contributed by atoms with Crippen LogP contribution in [0.4, 0.5) is 0 Å². The van der Waals surface area contributed by atoms with E-state index in [4.69, 9.17) is 9.47 Å². The van der Waals surface area contributed by atoms with Crippen LogP contribution in [-0.2, 0) is 9.47 Å². The molecule has 1 aliphatic heterocycles. The Balaban J connectivity index is 2.51. The van der Waals surface area contributed by atoms with Crippen LogP contribution < -0.4 is 0 Å². The smallest absolute Gasteiger partial charge is 0.165 e. The van der Waals surface area contributed by atoms with E-state index >= 15 is 0 Å². The molecule has 0 unspecified atom stereocenters. The average molecular weight is 243 g/mol. The highest BCUT2D eigenvalue weighted by Crippen LogP contribution is 2.33. The zero-order valence-corrected chi connectivity index (χ0v) is 12.4. The topological polar surface area (TPSA) is 21.7 Å². The third kappa shape index (κ3) is 4.23. The lowest BCUT2D eigenvalue weighted by molar-refractivity contribution is -0.264. The quantitative estimate of drug-likeness (QED) is 0.708. The van der Waals surface area contributed by atoms with Crippen LogP contribution in [0.2, 0.25) is 0 Å². The summed E-state index contributed by atoms with van der Waals surface area (Å²) >= 11 is 0. The SMILES string of the molecule is CCCCO[C@H]1OCN(C(C)(C)C)CC1(C)C. The van der Waals surface area contributed by atoms with Crippen molar-refractivity contribution in [3.05, 3.63) is 0 Å². The van der Waals surface area contributed by atoms with E-state index in [9.17, 15) is 0 Å². The van der Waals surface area contributed by atoms with Crippen LogP contribution in [0.1, 0.15) is 54.4 Å². The molecule has 1 heterocycles. The van der Waals surface area contributed by atoms with Crippen LogP contribution in [0.15, 0.2) is 0 Å². The van der Waals surface area contributed by atoms with Gasteiger partial charge in [0, 0.05) is 24.1 Å². The molecule has 1 aliphatic rings. The first-order valence-electron chi connectivity index (χ1n) is 6.75. The molecule has 0 amide bonds. The van der Waals surface area contributed by atoms with Gasteiger partial charge in [-0.25, -0.2) is 0 Å². The summed E-state index contributed by atoms with van der Waals surface area (Å²) in [6, 6.07) is 0. The normalized spacial score (nSPS) is 26.1. The van der Waals surface area contributed by atoms with Gasteiger partial charge in [0.25, 0.3) is 0 Å². The van der Waals surface area contributed by atoms with E-state index < -0.39 is 0 Å². The summed E-state index contributed by atoms with van der Waals surface area (Å²) in [7, 11) is 0. The maximum Gasteiger partial charge on any atom is 0.165 e. The molecule has 0 aromatic rings. The molecular formula is C14H29NO2. The first kappa shape index (κ1) is 14.9. The van der Waals surface area contributed by atoms with E-state index in [2.05, 4.69) is 46.4 Å². The van der Waals surface area contributed by atoms with Crippen LogP contribution >= 0.6 is 0 Å². The van der Waals surface area contributed by atoms with Crippen LogP contribution in [0.5, 0.6) is 0 Å². The summed E-state index contributed by atoms with van der Waals surface area (Å²) < 4.78 is 11.7. The van der Waals surface area contributed by atoms with Gasteiger partial charge in [0.1, 0.15) is 6.73 Å². The van der Waals surface area contributed by atoms with Gasteiger partial charge in [0.2, 0.25) is 0 Å². The van der Waals surface area contributed by atoms with Crippen molar-refractivity contribution in [1.29, 1.82) is 0 Å². The van der Waals surface area contributed by atoms with Crippen molar-refractivity contribution >= 4 is 0 Å². The second-order valence-electron chi connectivity index (χ2n) is 6.71. The van der Waals surface area contributed by atoms with Crippen molar-refractivity contribution in [2.24, 2.45) is 5.41 Å². The molecule has 0 saturated carbocycles. The Morgan fingerprint density at radius 2 is 2.00 bits per heavy atom. The van der Waals surface area contributed by atoms with Gasteiger partial charge in [0.15, 0.2) is 6.29 Å². The van der Waals surface area contributed by atoms with Gasteiger partial charge in [-0.3, -0.25) is 4.90 Å². The summed E-state index contributed by atoms with van der Waals surface area (Å²) in [6.45, 7) is 15.8. The predicted molar refractivity (Wildman–Crippen MR) is 70.8 cm³/mol. The zero-order valence-electron chi connectivity index (χ0n) is 12.4. The van der Waals surface area contributed by atoms with Crippen LogP contribution in [-0.4, -0.2) is 36.6 Å². The Bertz CT molecular complexity index is 233. The fourth-order valence-electron chi connectivity index (χ4n) is 2.03. The summed E-state index contributed by atoms with van der Waals surface area (Å²) in [5.41, 5.74) is 0.213. The highest BCUT2D eigenvalue weighted by Gasteiger charge is 2.40. The minimum atomic E-state index is -0.0624. The number of hydrogen-bond acceptors (Lipinski definition) is 3. The average Bonchev–Trinajstić information content (AvgIpc) is 2.18. The van der Waals surface area contributed by atoms with Crippen molar-refractivity contribution in [1.82, 2.24) is 4.90 Å². The summed E-state index contributed by atoms with van der Waals surface area (Å²) in [6.07, 6.45) is 2.22. The van der Waals surface area contributed by atoms with Crippen LogP contribution in [0.25, 0.3) is 0 Å². The van der Waals surface area contributed by atoms with Crippen molar-refractivity contribution in [2.45, 2.75) is 66.2 Å². The highest BCUT2D eigenvalue weighted by atomic mass is 16.7. The third-order valence-electron chi connectivity index (χ3n) is 3.33. The number of ether oxygens (including phenoxy) is 2. The third-order valence-corrected chi connectivity index (χ3v) is 3.33. The molecule has 0 aromatic heterocycles. The van der Waals surface area contributed by atoms with Gasteiger partial charge in [-0.15, -0.1) is 0 Å². The monoisotopic (exact) mass is 243 g/mol. The number of unbranched alkanes of at least 4 members (excludes halogenated alkanes) is 1. The van der Waals surface area contributed by atoms with Gasteiger partial charge in [0.05, 0.1) is 0 Å². The molecule has 1 rings (SSSR count). The van der Waals surface area contributed by atoms with Gasteiger partial charge in [-0.2, -0.15) is 0 Å². The lowest BCUT2D eigenvalue weighted by Gasteiger charge is -2.48. The minimum absolute atomic E-state index is 0.0548. The number of hydrogen-bond donors (Lipinski definition) is 0. The summed E-state index contributed by atoms with van der Waals surface area (Å²) in [4.78, 5) is 2.37. The Kier molecular flexibility index (Phi) is 4.99. The molecule has 1 saturated heterocycles. The fourth-order valence-corrected chi connectivity index (χ4v) is 2.03. The van der Waals surface area contributed by atoms with Crippen LogP contribution in [0.3, 0.4) is 0 Å². The Morgan fingerprint density at radius 3 is 2.47 bits per heavy atom. The van der Waals surface area contributed by atoms with Crippen molar-refractivity contribution in [3.8, 4) is 0 Å². The molecule has 0 aliphatic carbocycles. The van der Waals surface area contributed by atoms with E-state index in [1.165, 1.54) is 6.42 Å². The van der Waals surface area contributed by atoms with E-state index in [0.717, 1.165) is 19.6 Å².